The number of thiophene rings is 1. The molecule has 0 bridgehead atoms. The predicted molar refractivity (Wildman–Crippen MR) is 92.7 cm³/mol. The number of nitrogens with zero attached hydrogens (tertiary/aromatic N) is 2. The van der Waals surface area contributed by atoms with Crippen LogP contribution in [0.2, 0.25) is 0 Å². The highest BCUT2D eigenvalue weighted by molar-refractivity contribution is 7.21. The van der Waals surface area contributed by atoms with Crippen LogP contribution in [0.15, 0.2) is 42.7 Å². The number of aliphatic carboxylic acids is 1. The van der Waals surface area contributed by atoms with Gasteiger partial charge < -0.3 is 10.4 Å². The molecule has 2 aromatic heterocycles. The molecule has 0 fully saturated rings. The largest absolute Gasteiger partial charge is 0.480 e. The van der Waals surface area contributed by atoms with E-state index >= 15 is 0 Å². The van der Waals surface area contributed by atoms with Gasteiger partial charge in [-0.1, -0.05) is 44.2 Å². The molecule has 0 saturated carbocycles. The maximum atomic E-state index is 11.4. The molecule has 23 heavy (non-hydrogen) atoms. The summed E-state index contributed by atoms with van der Waals surface area (Å²) in [6.07, 6.45) is 1.47. The highest BCUT2D eigenvalue weighted by atomic mass is 32.1. The van der Waals surface area contributed by atoms with Gasteiger partial charge in [0.1, 0.15) is 23.0 Å². The molecule has 1 atom stereocenters. The number of carboxylic acid groups (broad SMARTS) is 1. The molecule has 3 aromatic rings. The summed E-state index contributed by atoms with van der Waals surface area (Å²) in [4.78, 5) is 21.9. The van der Waals surface area contributed by atoms with Crippen molar-refractivity contribution in [1.29, 1.82) is 0 Å². The van der Waals surface area contributed by atoms with Gasteiger partial charge in [0.15, 0.2) is 0 Å². The van der Waals surface area contributed by atoms with Crippen molar-refractivity contribution in [3.05, 3.63) is 42.7 Å². The standard InChI is InChI=1S/C17H17N3O2S/c1-10(2)14(17(21)22)20-15-12-8-13(11-6-4-3-5-7-11)23-16(12)19-9-18-15/h3-10,14H,1-2H3,(H,21,22)(H,18,19,20). The van der Waals surface area contributed by atoms with E-state index in [4.69, 9.17) is 0 Å². The molecule has 5 nitrogen and oxygen atoms in total. The normalized spacial score (nSPS) is 12.5. The number of anilines is 1. The molecular formula is C17H17N3O2S. The highest BCUT2D eigenvalue weighted by Gasteiger charge is 2.23. The third kappa shape index (κ3) is 3.17. The zero-order chi connectivity index (χ0) is 16.4. The first-order valence-electron chi connectivity index (χ1n) is 7.35. The second kappa shape index (κ2) is 6.34. The summed E-state index contributed by atoms with van der Waals surface area (Å²) in [7, 11) is 0. The zero-order valence-corrected chi connectivity index (χ0v) is 13.7. The lowest BCUT2D eigenvalue weighted by molar-refractivity contribution is -0.138. The third-order valence-electron chi connectivity index (χ3n) is 3.61. The number of hydrogen-bond donors (Lipinski definition) is 2. The Balaban J connectivity index is 2.02. The van der Waals surface area contributed by atoms with E-state index in [1.807, 2.05) is 50.2 Å². The van der Waals surface area contributed by atoms with Gasteiger partial charge in [0.2, 0.25) is 0 Å². The molecule has 0 aliphatic carbocycles. The Morgan fingerprint density at radius 1 is 1.22 bits per heavy atom. The van der Waals surface area contributed by atoms with Crippen LogP contribution >= 0.6 is 11.3 Å². The molecule has 0 aliphatic heterocycles. The smallest absolute Gasteiger partial charge is 0.326 e. The molecule has 118 valence electrons. The number of nitrogens with one attached hydrogen (secondary N) is 1. The van der Waals surface area contributed by atoms with Crippen molar-refractivity contribution in [2.75, 3.05) is 5.32 Å². The Morgan fingerprint density at radius 3 is 2.61 bits per heavy atom. The molecule has 0 radical (unpaired) electrons. The van der Waals surface area contributed by atoms with Crippen LogP contribution in [0.25, 0.3) is 20.7 Å². The molecule has 0 saturated heterocycles. The van der Waals surface area contributed by atoms with E-state index in [1.54, 1.807) is 11.3 Å². The molecule has 6 heteroatoms. The van der Waals surface area contributed by atoms with Gasteiger partial charge in [-0.05, 0) is 17.5 Å². The molecule has 0 amide bonds. The molecule has 3 rings (SSSR count). The summed E-state index contributed by atoms with van der Waals surface area (Å²) >= 11 is 1.57. The Kier molecular flexibility index (Phi) is 4.25. The summed E-state index contributed by atoms with van der Waals surface area (Å²) in [6, 6.07) is 11.4. The molecular weight excluding hydrogens is 310 g/mol. The third-order valence-corrected chi connectivity index (χ3v) is 4.70. The van der Waals surface area contributed by atoms with E-state index in [2.05, 4.69) is 15.3 Å². The van der Waals surface area contributed by atoms with Crippen LogP contribution in [0.4, 0.5) is 5.82 Å². The summed E-state index contributed by atoms with van der Waals surface area (Å²) in [5.41, 5.74) is 1.11. The van der Waals surface area contributed by atoms with Crippen molar-refractivity contribution in [3.63, 3.8) is 0 Å². The fourth-order valence-corrected chi connectivity index (χ4v) is 3.38. The topological polar surface area (TPSA) is 75.1 Å². The highest BCUT2D eigenvalue weighted by Crippen LogP contribution is 2.35. The Morgan fingerprint density at radius 2 is 1.96 bits per heavy atom. The van der Waals surface area contributed by atoms with Crippen molar-refractivity contribution in [2.24, 2.45) is 5.92 Å². The number of rotatable bonds is 5. The van der Waals surface area contributed by atoms with Crippen molar-refractivity contribution >= 4 is 33.3 Å². The summed E-state index contributed by atoms with van der Waals surface area (Å²) < 4.78 is 0. The van der Waals surface area contributed by atoms with Crippen LogP contribution < -0.4 is 5.32 Å². The Hall–Kier alpha value is -2.47. The number of hydrogen-bond acceptors (Lipinski definition) is 5. The van der Waals surface area contributed by atoms with Crippen LogP contribution in [-0.2, 0) is 4.79 Å². The Bertz CT molecular complexity index is 830. The Labute approximate surface area is 138 Å². The van der Waals surface area contributed by atoms with Gasteiger partial charge in [-0.3, -0.25) is 0 Å². The first-order valence-corrected chi connectivity index (χ1v) is 8.17. The quantitative estimate of drug-likeness (QED) is 0.744. The van der Waals surface area contributed by atoms with E-state index in [0.717, 1.165) is 20.7 Å². The number of aromatic nitrogens is 2. The average molecular weight is 327 g/mol. The number of carbonyl (C=O) groups is 1. The number of fused-ring (bicyclic) bond motifs is 1. The van der Waals surface area contributed by atoms with E-state index in [1.165, 1.54) is 6.33 Å². The minimum Gasteiger partial charge on any atom is -0.480 e. The van der Waals surface area contributed by atoms with Crippen molar-refractivity contribution in [2.45, 2.75) is 19.9 Å². The van der Waals surface area contributed by atoms with E-state index in [0.29, 0.717) is 5.82 Å². The van der Waals surface area contributed by atoms with Crippen molar-refractivity contribution in [3.8, 4) is 10.4 Å². The van der Waals surface area contributed by atoms with Crippen LogP contribution in [0.3, 0.4) is 0 Å². The zero-order valence-electron chi connectivity index (χ0n) is 12.9. The van der Waals surface area contributed by atoms with E-state index < -0.39 is 12.0 Å². The lowest BCUT2D eigenvalue weighted by Crippen LogP contribution is -2.34. The van der Waals surface area contributed by atoms with Gasteiger partial charge in [-0.25, -0.2) is 14.8 Å². The van der Waals surface area contributed by atoms with Gasteiger partial charge in [0, 0.05) is 4.88 Å². The first-order chi connectivity index (χ1) is 11.1. The molecule has 1 unspecified atom stereocenters. The fourth-order valence-electron chi connectivity index (χ4n) is 2.38. The van der Waals surface area contributed by atoms with Crippen LogP contribution in [0.1, 0.15) is 13.8 Å². The minimum atomic E-state index is -0.884. The second-order valence-electron chi connectivity index (χ2n) is 5.62. The predicted octanol–water partition coefficient (Wildman–Crippen LogP) is 3.88. The van der Waals surface area contributed by atoms with Gasteiger partial charge in [-0.2, -0.15) is 0 Å². The van der Waals surface area contributed by atoms with Crippen LogP contribution in [0, 0.1) is 5.92 Å². The maximum Gasteiger partial charge on any atom is 0.326 e. The van der Waals surface area contributed by atoms with E-state index in [-0.39, 0.29) is 5.92 Å². The monoisotopic (exact) mass is 327 g/mol. The SMILES string of the molecule is CC(C)C(Nc1ncnc2sc(-c3ccccc3)cc12)C(=O)O. The van der Waals surface area contributed by atoms with Crippen molar-refractivity contribution < 1.29 is 9.90 Å². The molecule has 0 aliphatic rings. The van der Waals surface area contributed by atoms with Gasteiger partial charge in [0.25, 0.3) is 0 Å². The second-order valence-corrected chi connectivity index (χ2v) is 6.65. The summed E-state index contributed by atoms with van der Waals surface area (Å²) in [5, 5.41) is 13.2. The minimum absolute atomic E-state index is 0.0512. The molecule has 2 N–H and O–H groups in total. The lowest BCUT2D eigenvalue weighted by Gasteiger charge is -2.18. The molecule has 1 aromatic carbocycles. The van der Waals surface area contributed by atoms with Gasteiger partial charge >= 0.3 is 5.97 Å². The van der Waals surface area contributed by atoms with Crippen molar-refractivity contribution in [1.82, 2.24) is 9.97 Å². The lowest BCUT2D eigenvalue weighted by atomic mass is 10.0. The maximum absolute atomic E-state index is 11.4. The summed E-state index contributed by atoms with van der Waals surface area (Å²) in [6.45, 7) is 3.74. The number of benzene rings is 1. The first kappa shape index (κ1) is 15.4. The average Bonchev–Trinajstić information content (AvgIpc) is 2.97. The molecule has 2 heterocycles. The van der Waals surface area contributed by atoms with Gasteiger partial charge in [-0.15, -0.1) is 11.3 Å². The van der Waals surface area contributed by atoms with Crippen LogP contribution in [-0.4, -0.2) is 27.1 Å². The fraction of sp³-hybridized carbons (Fsp3) is 0.235. The van der Waals surface area contributed by atoms with E-state index in [9.17, 15) is 9.90 Å². The van der Waals surface area contributed by atoms with Crippen LogP contribution in [0.5, 0.6) is 0 Å². The summed E-state index contributed by atoms with van der Waals surface area (Å²) in [5.74, 6) is -0.371. The van der Waals surface area contributed by atoms with Gasteiger partial charge in [0.05, 0.1) is 5.39 Å². The number of carboxylic acids is 1. The molecule has 0 spiro atoms.